The van der Waals surface area contributed by atoms with E-state index in [0.29, 0.717) is 13.0 Å². The summed E-state index contributed by atoms with van der Waals surface area (Å²) in [5.41, 5.74) is 1.94. The minimum absolute atomic E-state index is 0.00499. The van der Waals surface area contributed by atoms with Crippen LogP contribution in [0.4, 0.5) is 0 Å². The Morgan fingerprint density at radius 1 is 1.37 bits per heavy atom. The Morgan fingerprint density at radius 3 is 2.79 bits per heavy atom. The Balaban J connectivity index is 2.19. The smallest absolute Gasteiger partial charge is 0.230 e. The lowest BCUT2D eigenvalue weighted by atomic mass is 9.76. The van der Waals surface area contributed by atoms with E-state index in [1.807, 2.05) is 13.0 Å². The molecule has 0 radical (unpaired) electrons. The van der Waals surface area contributed by atoms with Crippen molar-refractivity contribution in [3.05, 3.63) is 23.3 Å². The average molecular weight is 261 g/mol. The highest BCUT2D eigenvalue weighted by Gasteiger charge is 2.33. The van der Waals surface area contributed by atoms with Gasteiger partial charge >= 0.3 is 0 Å². The maximum Gasteiger partial charge on any atom is 0.230 e. The lowest BCUT2D eigenvalue weighted by Crippen LogP contribution is -2.35. The number of nitrogens with one attached hydrogen (secondary N) is 1. The largest absolute Gasteiger partial charge is 0.355 e. The van der Waals surface area contributed by atoms with Crippen molar-refractivity contribution >= 4 is 11.7 Å². The summed E-state index contributed by atoms with van der Waals surface area (Å²) < 4.78 is 0. The minimum Gasteiger partial charge on any atom is -0.355 e. The van der Waals surface area contributed by atoms with Crippen LogP contribution in [0.15, 0.2) is 23.3 Å². The molecule has 2 rings (SSSR count). The zero-order valence-corrected chi connectivity index (χ0v) is 12.1. The van der Waals surface area contributed by atoms with Gasteiger partial charge in [-0.3, -0.25) is 9.59 Å². The zero-order valence-electron chi connectivity index (χ0n) is 12.1. The van der Waals surface area contributed by atoms with Gasteiger partial charge in [-0.2, -0.15) is 0 Å². The quantitative estimate of drug-likeness (QED) is 0.777. The molecule has 1 atom stereocenters. The first kappa shape index (κ1) is 14.0. The van der Waals surface area contributed by atoms with E-state index >= 15 is 0 Å². The van der Waals surface area contributed by atoms with Gasteiger partial charge in [-0.1, -0.05) is 38.0 Å². The van der Waals surface area contributed by atoms with Gasteiger partial charge in [0.2, 0.25) is 5.91 Å². The van der Waals surface area contributed by atoms with Gasteiger partial charge in [-0.05, 0) is 37.2 Å². The van der Waals surface area contributed by atoms with Crippen molar-refractivity contribution in [3.8, 4) is 0 Å². The summed E-state index contributed by atoms with van der Waals surface area (Å²) in [7, 11) is 0. The third-order valence-electron chi connectivity index (χ3n) is 3.83. The van der Waals surface area contributed by atoms with Gasteiger partial charge in [0.1, 0.15) is 5.92 Å². The van der Waals surface area contributed by atoms with E-state index in [1.54, 1.807) is 0 Å². The van der Waals surface area contributed by atoms with E-state index < -0.39 is 5.92 Å². The Bertz CT molecular complexity index is 457. The molecule has 19 heavy (non-hydrogen) atoms. The zero-order chi connectivity index (χ0) is 14.0. The number of ketones is 1. The molecule has 104 valence electrons. The van der Waals surface area contributed by atoms with Crippen LogP contribution in [0.25, 0.3) is 0 Å². The second-order valence-corrected chi connectivity index (χ2v) is 6.43. The average Bonchev–Trinajstić information content (AvgIpc) is 2.50. The molecule has 0 saturated carbocycles. The van der Waals surface area contributed by atoms with Gasteiger partial charge < -0.3 is 5.32 Å². The molecule has 1 unspecified atom stereocenters. The lowest BCUT2D eigenvalue weighted by molar-refractivity contribution is -0.132. The molecule has 1 saturated heterocycles. The molecule has 3 heteroatoms. The predicted octanol–water partition coefficient (Wildman–Crippen LogP) is 2.77. The third-order valence-corrected chi connectivity index (χ3v) is 3.83. The van der Waals surface area contributed by atoms with E-state index in [-0.39, 0.29) is 17.1 Å². The second-order valence-electron chi connectivity index (χ2n) is 6.43. The summed E-state index contributed by atoms with van der Waals surface area (Å²) in [6.07, 6.45) is 7.47. The molecule has 0 spiro atoms. The summed E-state index contributed by atoms with van der Waals surface area (Å²) in [6.45, 7) is 6.97. The van der Waals surface area contributed by atoms with E-state index in [2.05, 4.69) is 25.2 Å². The Kier molecular flexibility index (Phi) is 3.93. The van der Waals surface area contributed by atoms with Crippen LogP contribution in [0.2, 0.25) is 0 Å². The number of carbonyl (C=O) groups is 2. The van der Waals surface area contributed by atoms with Crippen molar-refractivity contribution in [2.45, 2.75) is 46.5 Å². The molecule has 1 amide bonds. The van der Waals surface area contributed by atoms with Gasteiger partial charge in [0, 0.05) is 6.54 Å². The van der Waals surface area contributed by atoms with Gasteiger partial charge in [-0.25, -0.2) is 0 Å². The monoisotopic (exact) mass is 261 g/mol. The summed E-state index contributed by atoms with van der Waals surface area (Å²) in [6, 6.07) is 0. The maximum absolute atomic E-state index is 12.6. The second kappa shape index (κ2) is 5.32. The number of rotatable bonds is 2. The van der Waals surface area contributed by atoms with Crippen molar-refractivity contribution in [1.29, 1.82) is 0 Å². The normalized spacial score (nSPS) is 26.9. The fraction of sp³-hybridized carbons (Fsp3) is 0.625. The number of hydrogen-bond acceptors (Lipinski definition) is 2. The van der Waals surface area contributed by atoms with Crippen molar-refractivity contribution < 1.29 is 9.59 Å². The van der Waals surface area contributed by atoms with E-state index in [0.717, 1.165) is 30.4 Å². The Hall–Kier alpha value is -1.38. The fourth-order valence-electron chi connectivity index (χ4n) is 3.10. The van der Waals surface area contributed by atoms with Crippen LogP contribution in [0.3, 0.4) is 0 Å². The number of amides is 1. The molecule has 1 aliphatic carbocycles. The first-order valence-electron chi connectivity index (χ1n) is 7.11. The number of carbonyl (C=O) groups excluding carboxylic acids is 2. The Labute approximate surface area is 115 Å². The molecular weight excluding hydrogens is 238 g/mol. The lowest BCUT2D eigenvalue weighted by Gasteiger charge is -2.27. The van der Waals surface area contributed by atoms with Gasteiger partial charge in [0.15, 0.2) is 5.78 Å². The predicted molar refractivity (Wildman–Crippen MR) is 75.6 cm³/mol. The van der Waals surface area contributed by atoms with Crippen LogP contribution in [0.5, 0.6) is 0 Å². The Morgan fingerprint density at radius 2 is 2.11 bits per heavy atom. The molecule has 0 aromatic rings. The van der Waals surface area contributed by atoms with Gasteiger partial charge in [0.05, 0.1) is 0 Å². The standard InChI is InChI=1S/C16H23NO2/c1-11-8-12(10-16(2,3)9-11)14(18)13-6-4-5-7-17-15(13)19/h8-9,13H,4-7,10H2,1-3H3,(H,17,19). The molecule has 3 nitrogen and oxygen atoms in total. The highest BCUT2D eigenvalue weighted by molar-refractivity contribution is 6.10. The molecule has 0 bridgehead atoms. The first-order chi connectivity index (χ1) is 8.89. The van der Waals surface area contributed by atoms with E-state index in [4.69, 9.17) is 0 Å². The highest BCUT2D eigenvalue weighted by atomic mass is 16.2. The number of allylic oxidation sites excluding steroid dienone is 4. The van der Waals surface area contributed by atoms with Crippen molar-refractivity contribution in [1.82, 2.24) is 5.32 Å². The maximum atomic E-state index is 12.6. The van der Waals surface area contributed by atoms with E-state index in [1.165, 1.54) is 0 Å². The molecule has 1 heterocycles. The fourth-order valence-corrected chi connectivity index (χ4v) is 3.10. The van der Waals surface area contributed by atoms with Crippen LogP contribution in [0, 0.1) is 11.3 Å². The van der Waals surface area contributed by atoms with E-state index in [9.17, 15) is 9.59 Å². The molecule has 1 fully saturated rings. The topological polar surface area (TPSA) is 46.2 Å². The van der Waals surface area contributed by atoms with Crippen LogP contribution in [0.1, 0.15) is 46.5 Å². The van der Waals surface area contributed by atoms with Crippen molar-refractivity contribution in [3.63, 3.8) is 0 Å². The molecule has 1 aliphatic heterocycles. The molecule has 0 aromatic heterocycles. The first-order valence-corrected chi connectivity index (χ1v) is 7.11. The van der Waals surface area contributed by atoms with Crippen LogP contribution < -0.4 is 5.32 Å². The van der Waals surface area contributed by atoms with Crippen molar-refractivity contribution in [2.75, 3.05) is 6.54 Å². The third kappa shape index (κ3) is 3.34. The van der Waals surface area contributed by atoms with Crippen LogP contribution in [-0.2, 0) is 9.59 Å². The SMILES string of the molecule is CC1=CC(C)(C)CC(C(=O)C2CCCCNC2=O)=C1. The van der Waals surface area contributed by atoms with Crippen LogP contribution >= 0.6 is 0 Å². The summed E-state index contributed by atoms with van der Waals surface area (Å²) in [5, 5.41) is 2.84. The molecule has 0 aromatic carbocycles. The number of hydrogen-bond donors (Lipinski definition) is 1. The summed E-state index contributed by atoms with van der Waals surface area (Å²) in [4.78, 5) is 24.6. The minimum atomic E-state index is -0.476. The van der Waals surface area contributed by atoms with Crippen LogP contribution in [-0.4, -0.2) is 18.2 Å². The molecule has 2 aliphatic rings. The van der Waals surface area contributed by atoms with Crippen molar-refractivity contribution in [2.24, 2.45) is 11.3 Å². The molecular formula is C16H23NO2. The summed E-state index contributed by atoms with van der Waals surface area (Å²) in [5.74, 6) is -0.538. The van der Waals surface area contributed by atoms with Gasteiger partial charge in [-0.15, -0.1) is 0 Å². The summed E-state index contributed by atoms with van der Waals surface area (Å²) >= 11 is 0. The molecule has 1 N–H and O–H groups in total. The highest BCUT2D eigenvalue weighted by Crippen LogP contribution is 2.35. The number of Topliss-reactive ketones (excluding diaryl/α,β-unsaturated/α-hetero) is 1. The van der Waals surface area contributed by atoms with Gasteiger partial charge in [0.25, 0.3) is 0 Å².